The molecule has 0 aliphatic rings. The molecule has 0 saturated carbocycles. The van der Waals surface area contributed by atoms with E-state index in [2.05, 4.69) is 16.9 Å². The van der Waals surface area contributed by atoms with Gasteiger partial charge >= 0.3 is 0 Å². The van der Waals surface area contributed by atoms with Crippen molar-refractivity contribution in [3.8, 4) is 0 Å². The summed E-state index contributed by atoms with van der Waals surface area (Å²) in [4.78, 5) is 16.0. The molecular formula is C12H13N3OS. The molecule has 1 aromatic heterocycles. The molecule has 0 radical (unpaired) electrons. The quantitative estimate of drug-likeness (QED) is 0.817. The lowest BCUT2D eigenvalue weighted by Crippen LogP contribution is -2.30. The number of fused-ring (bicyclic) bond motifs is 1. The van der Waals surface area contributed by atoms with Crippen molar-refractivity contribution in [3.05, 3.63) is 36.4 Å². The molecule has 0 spiro atoms. The normalized spacial score (nSPS) is 12.3. The minimum absolute atomic E-state index is 0.0512. The second-order valence-corrected chi connectivity index (χ2v) is 4.79. The summed E-state index contributed by atoms with van der Waals surface area (Å²) < 4.78 is 0.918. The predicted octanol–water partition coefficient (Wildman–Crippen LogP) is 2.18. The summed E-state index contributed by atoms with van der Waals surface area (Å²) in [5.74, 6) is -0.119. The van der Waals surface area contributed by atoms with E-state index in [4.69, 9.17) is 5.73 Å². The zero-order valence-corrected chi connectivity index (χ0v) is 10.3. The van der Waals surface area contributed by atoms with Crippen LogP contribution in [0.25, 0.3) is 10.2 Å². The number of nitrogens with one attached hydrogen (secondary N) is 1. The maximum absolute atomic E-state index is 11.9. The van der Waals surface area contributed by atoms with E-state index in [1.165, 1.54) is 11.3 Å². The SMILES string of the molecule is C=CC(C)NC(=O)c1ccc2nc(N)sc2c1. The fourth-order valence-electron chi connectivity index (χ4n) is 1.43. The molecule has 2 aromatic rings. The molecule has 0 bridgehead atoms. The maximum atomic E-state index is 11.9. The van der Waals surface area contributed by atoms with Gasteiger partial charge in [-0.15, -0.1) is 6.58 Å². The van der Waals surface area contributed by atoms with Crippen LogP contribution in [0.15, 0.2) is 30.9 Å². The first-order chi connectivity index (χ1) is 8.10. The summed E-state index contributed by atoms with van der Waals surface area (Å²) in [6, 6.07) is 5.29. The van der Waals surface area contributed by atoms with Crippen molar-refractivity contribution in [2.24, 2.45) is 0 Å². The third-order valence-corrected chi connectivity index (χ3v) is 3.23. The first kappa shape index (κ1) is 11.6. The Morgan fingerprint density at radius 1 is 1.65 bits per heavy atom. The Morgan fingerprint density at radius 2 is 2.41 bits per heavy atom. The molecule has 17 heavy (non-hydrogen) atoms. The summed E-state index contributed by atoms with van der Waals surface area (Å²) in [5, 5.41) is 3.32. The molecule has 1 amide bonds. The van der Waals surface area contributed by atoms with Gasteiger partial charge in [0.05, 0.1) is 10.2 Å². The topological polar surface area (TPSA) is 68.0 Å². The van der Waals surface area contributed by atoms with Gasteiger partial charge in [0.25, 0.3) is 5.91 Å². The highest BCUT2D eigenvalue weighted by atomic mass is 32.1. The molecule has 1 unspecified atom stereocenters. The molecule has 1 aromatic carbocycles. The molecule has 0 aliphatic heterocycles. The lowest BCUT2D eigenvalue weighted by atomic mass is 10.2. The number of nitrogens with two attached hydrogens (primary N) is 1. The molecule has 4 nitrogen and oxygen atoms in total. The summed E-state index contributed by atoms with van der Waals surface area (Å²) in [6.45, 7) is 5.49. The van der Waals surface area contributed by atoms with E-state index in [-0.39, 0.29) is 11.9 Å². The number of nitrogens with zero attached hydrogens (tertiary/aromatic N) is 1. The van der Waals surface area contributed by atoms with Crippen LogP contribution in [0, 0.1) is 0 Å². The standard InChI is InChI=1S/C12H13N3OS/c1-3-7(2)14-11(16)8-4-5-9-10(6-8)17-12(13)15-9/h3-7H,1H2,2H3,(H2,13,15)(H,14,16). The number of hydrogen-bond acceptors (Lipinski definition) is 4. The molecule has 0 fully saturated rings. The van der Waals surface area contributed by atoms with Crippen LogP contribution in [-0.4, -0.2) is 16.9 Å². The van der Waals surface area contributed by atoms with E-state index < -0.39 is 0 Å². The zero-order chi connectivity index (χ0) is 12.4. The molecule has 3 N–H and O–H groups in total. The third kappa shape index (κ3) is 2.45. The van der Waals surface area contributed by atoms with Crippen molar-refractivity contribution < 1.29 is 4.79 Å². The summed E-state index contributed by atoms with van der Waals surface area (Å²) in [7, 11) is 0. The van der Waals surface area contributed by atoms with Crippen molar-refractivity contribution in [2.45, 2.75) is 13.0 Å². The first-order valence-electron chi connectivity index (χ1n) is 5.19. The van der Waals surface area contributed by atoms with Crippen molar-refractivity contribution in [3.63, 3.8) is 0 Å². The van der Waals surface area contributed by atoms with Gasteiger partial charge < -0.3 is 11.1 Å². The lowest BCUT2D eigenvalue weighted by Gasteiger charge is -2.08. The van der Waals surface area contributed by atoms with E-state index in [0.29, 0.717) is 10.7 Å². The van der Waals surface area contributed by atoms with Crippen molar-refractivity contribution in [1.29, 1.82) is 0 Å². The van der Waals surface area contributed by atoms with Crippen LogP contribution in [0.4, 0.5) is 5.13 Å². The lowest BCUT2D eigenvalue weighted by molar-refractivity contribution is 0.0947. The smallest absolute Gasteiger partial charge is 0.251 e. The van der Waals surface area contributed by atoms with Gasteiger partial charge in [0, 0.05) is 11.6 Å². The summed E-state index contributed by atoms with van der Waals surface area (Å²) in [6.07, 6.45) is 1.68. The number of rotatable bonds is 3. The van der Waals surface area contributed by atoms with Crippen molar-refractivity contribution in [2.75, 3.05) is 5.73 Å². The van der Waals surface area contributed by atoms with Crippen LogP contribution in [0.3, 0.4) is 0 Å². The van der Waals surface area contributed by atoms with E-state index in [1.807, 2.05) is 6.92 Å². The Morgan fingerprint density at radius 3 is 3.12 bits per heavy atom. The van der Waals surface area contributed by atoms with Gasteiger partial charge in [0.2, 0.25) is 0 Å². The molecule has 1 heterocycles. The fraction of sp³-hybridized carbons (Fsp3) is 0.167. The average Bonchev–Trinajstić information content (AvgIpc) is 2.67. The first-order valence-corrected chi connectivity index (χ1v) is 6.01. The number of aromatic nitrogens is 1. The van der Waals surface area contributed by atoms with Crippen LogP contribution in [0.2, 0.25) is 0 Å². The zero-order valence-electron chi connectivity index (χ0n) is 9.43. The van der Waals surface area contributed by atoms with Gasteiger partial charge in [0.1, 0.15) is 0 Å². The maximum Gasteiger partial charge on any atom is 0.251 e. The molecule has 2 rings (SSSR count). The van der Waals surface area contributed by atoms with Crippen LogP contribution in [0.5, 0.6) is 0 Å². The van der Waals surface area contributed by atoms with Gasteiger partial charge in [-0.2, -0.15) is 0 Å². The van der Waals surface area contributed by atoms with Crippen LogP contribution >= 0.6 is 11.3 Å². The Bertz CT molecular complexity index is 576. The number of anilines is 1. The van der Waals surface area contributed by atoms with Crippen LogP contribution < -0.4 is 11.1 Å². The minimum Gasteiger partial charge on any atom is -0.375 e. The molecule has 1 atom stereocenters. The predicted molar refractivity (Wildman–Crippen MR) is 71.2 cm³/mol. The Hall–Kier alpha value is -1.88. The number of carbonyl (C=O) groups is 1. The number of nitrogen functional groups attached to an aromatic ring is 1. The van der Waals surface area contributed by atoms with Gasteiger partial charge in [-0.3, -0.25) is 4.79 Å². The molecule has 5 heteroatoms. The number of hydrogen-bond donors (Lipinski definition) is 2. The molecule has 0 saturated heterocycles. The minimum atomic E-state index is -0.119. The van der Waals surface area contributed by atoms with Crippen molar-refractivity contribution in [1.82, 2.24) is 10.3 Å². The van der Waals surface area contributed by atoms with Gasteiger partial charge in [0.15, 0.2) is 5.13 Å². The average molecular weight is 247 g/mol. The van der Waals surface area contributed by atoms with Gasteiger partial charge in [-0.05, 0) is 25.1 Å². The van der Waals surface area contributed by atoms with E-state index in [1.54, 1.807) is 24.3 Å². The number of benzene rings is 1. The van der Waals surface area contributed by atoms with E-state index in [9.17, 15) is 4.79 Å². The third-order valence-electron chi connectivity index (χ3n) is 2.38. The second-order valence-electron chi connectivity index (χ2n) is 3.73. The summed E-state index contributed by atoms with van der Waals surface area (Å²) in [5.41, 5.74) is 7.04. The summed E-state index contributed by atoms with van der Waals surface area (Å²) >= 11 is 1.37. The van der Waals surface area contributed by atoms with E-state index >= 15 is 0 Å². The molecule has 0 aliphatic carbocycles. The molecule has 88 valence electrons. The highest BCUT2D eigenvalue weighted by Crippen LogP contribution is 2.24. The highest BCUT2D eigenvalue weighted by Gasteiger charge is 2.09. The second kappa shape index (κ2) is 4.55. The van der Waals surface area contributed by atoms with Gasteiger partial charge in [-0.25, -0.2) is 4.98 Å². The number of amides is 1. The fourth-order valence-corrected chi connectivity index (χ4v) is 2.21. The highest BCUT2D eigenvalue weighted by molar-refractivity contribution is 7.22. The Balaban J connectivity index is 2.29. The molecular weight excluding hydrogens is 234 g/mol. The number of carbonyl (C=O) groups excluding carboxylic acids is 1. The van der Waals surface area contributed by atoms with Crippen LogP contribution in [0.1, 0.15) is 17.3 Å². The Kier molecular flexibility index (Phi) is 3.10. The monoisotopic (exact) mass is 247 g/mol. The largest absolute Gasteiger partial charge is 0.375 e. The van der Waals surface area contributed by atoms with E-state index in [0.717, 1.165) is 10.2 Å². The van der Waals surface area contributed by atoms with Crippen LogP contribution in [-0.2, 0) is 0 Å². The van der Waals surface area contributed by atoms with Gasteiger partial charge in [-0.1, -0.05) is 17.4 Å². The Labute approximate surface area is 103 Å². The van der Waals surface area contributed by atoms with Crippen molar-refractivity contribution >= 4 is 32.6 Å². The number of thiazole rings is 1.